The molecule has 0 saturated heterocycles. The summed E-state index contributed by atoms with van der Waals surface area (Å²) in [5.74, 6) is -2.17. The Morgan fingerprint density at radius 3 is 1.42 bits per heavy atom. The van der Waals surface area contributed by atoms with Crippen LogP contribution in [0.1, 0.15) is 51.9 Å². The molecule has 0 amide bonds. The number of carboxylic acids is 1. The van der Waals surface area contributed by atoms with Gasteiger partial charge in [-0.05, 0) is 6.92 Å². The predicted octanol–water partition coefficient (Wildman–Crippen LogP) is 1.10. The van der Waals surface area contributed by atoms with Crippen LogP contribution in [0.4, 0.5) is 0 Å². The maximum absolute atomic E-state index is 11.4. The lowest BCUT2D eigenvalue weighted by molar-refractivity contribution is -0.140. The van der Waals surface area contributed by atoms with Crippen molar-refractivity contribution in [2.45, 2.75) is 51.9 Å². The summed E-state index contributed by atoms with van der Waals surface area (Å²) in [6, 6.07) is 0. The third-order valence-corrected chi connectivity index (χ3v) is 2.47. The van der Waals surface area contributed by atoms with Crippen molar-refractivity contribution in [3.05, 3.63) is 0 Å². The van der Waals surface area contributed by atoms with Crippen LogP contribution in [-0.4, -0.2) is 34.2 Å². The molecule has 0 radical (unpaired) electrons. The number of hydrogen-bond donors (Lipinski definition) is 1. The van der Waals surface area contributed by atoms with Gasteiger partial charge in [0.15, 0.2) is 0 Å². The fourth-order valence-electron chi connectivity index (χ4n) is 1.38. The number of rotatable bonds is 11. The van der Waals surface area contributed by atoms with Crippen LogP contribution < -0.4 is 0 Å². The summed E-state index contributed by atoms with van der Waals surface area (Å²) in [7, 11) is 0. The molecular formula is C13H18O6. The molecule has 0 atom stereocenters. The lowest BCUT2D eigenvalue weighted by atomic mass is 10.0. The molecule has 0 unspecified atom stereocenters. The fraction of sp³-hybridized carbons (Fsp3) is 0.615. The minimum absolute atomic E-state index is 0.0356. The zero-order chi connectivity index (χ0) is 14.8. The van der Waals surface area contributed by atoms with Crippen LogP contribution in [0.2, 0.25) is 0 Å². The Morgan fingerprint density at radius 2 is 1.05 bits per heavy atom. The number of carbonyl (C=O) groups excluding carboxylic acids is 4. The molecule has 0 fully saturated rings. The summed E-state index contributed by atoms with van der Waals surface area (Å²) >= 11 is 0. The van der Waals surface area contributed by atoms with Gasteiger partial charge in [0.05, 0.1) is 0 Å². The molecule has 0 aliphatic rings. The molecule has 0 bridgehead atoms. The molecule has 0 aromatic heterocycles. The Kier molecular flexibility index (Phi) is 8.24. The van der Waals surface area contributed by atoms with Crippen LogP contribution in [0.5, 0.6) is 0 Å². The first-order chi connectivity index (χ1) is 8.81. The molecule has 0 rings (SSSR count). The predicted molar refractivity (Wildman–Crippen MR) is 65.7 cm³/mol. The van der Waals surface area contributed by atoms with Crippen LogP contribution in [0.25, 0.3) is 0 Å². The molecule has 19 heavy (non-hydrogen) atoms. The average molecular weight is 270 g/mol. The Hall–Kier alpha value is -1.85. The summed E-state index contributed by atoms with van der Waals surface area (Å²) in [4.78, 5) is 54.5. The second-order valence-corrected chi connectivity index (χ2v) is 4.39. The van der Waals surface area contributed by atoms with Crippen molar-refractivity contribution in [2.75, 3.05) is 0 Å². The quantitative estimate of drug-likeness (QED) is 0.563. The van der Waals surface area contributed by atoms with E-state index in [1.165, 1.54) is 6.92 Å². The Labute approximate surface area is 111 Å². The van der Waals surface area contributed by atoms with E-state index in [1.807, 2.05) is 0 Å². The smallest absolute Gasteiger partial charge is 0.310 e. The molecule has 0 heterocycles. The summed E-state index contributed by atoms with van der Waals surface area (Å²) in [5.41, 5.74) is 0. The van der Waals surface area contributed by atoms with Gasteiger partial charge in [0.25, 0.3) is 0 Å². The van der Waals surface area contributed by atoms with Crippen LogP contribution in [0, 0.1) is 0 Å². The average Bonchev–Trinajstić information content (AvgIpc) is 2.30. The normalized spacial score (nSPS) is 9.95. The van der Waals surface area contributed by atoms with Crippen molar-refractivity contribution < 1.29 is 29.1 Å². The summed E-state index contributed by atoms with van der Waals surface area (Å²) < 4.78 is 0. The van der Waals surface area contributed by atoms with E-state index < -0.39 is 18.2 Å². The van der Waals surface area contributed by atoms with E-state index in [0.29, 0.717) is 0 Å². The molecular weight excluding hydrogens is 252 g/mol. The van der Waals surface area contributed by atoms with Gasteiger partial charge < -0.3 is 9.90 Å². The van der Waals surface area contributed by atoms with Crippen molar-refractivity contribution >= 4 is 29.1 Å². The van der Waals surface area contributed by atoms with Crippen molar-refractivity contribution in [2.24, 2.45) is 0 Å². The molecule has 6 nitrogen and oxygen atoms in total. The van der Waals surface area contributed by atoms with Crippen LogP contribution in [-0.2, 0) is 24.0 Å². The largest absolute Gasteiger partial charge is 0.481 e. The molecule has 6 heteroatoms. The van der Waals surface area contributed by atoms with E-state index in [2.05, 4.69) is 0 Å². The van der Waals surface area contributed by atoms with E-state index in [9.17, 15) is 24.0 Å². The van der Waals surface area contributed by atoms with E-state index in [1.54, 1.807) is 0 Å². The number of hydrogen-bond acceptors (Lipinski definition) is 5. The van der Waals surface area contributed by atoms with E-state index in [4.69, 9.17) is 5.11 Å². The number of Topliss-reactive ketones (excluding diaryl/α,β-unsaturated/α-hetero) is 4. The molecule has 0 aliphatic carbocycles. The molecule has 0 aromatic rings. The molecule has 0 aromatic carbocycles. The maximum Gasteiger partial charge on any atom is 0.310 e. The van der Waals surface area contributed by atoms with Gasteiger partial charge in [-0.1, -0.05) is 0 Å². The van der Waals surface area contributed by atoms with E-state index in [0.717, 1.165) is 0 Å². The number of ketones is 4. The minimum Gasteiger partial charge on any atom is -0.481 e. The van der Waals surface area contributed by atoms with Gasteiger partial charge in [0.2, 0.25) is 0 Å². The van der Waals surface area contributed by atoms with Crippen LogP contribution in [0.3, 0.4) is 0 Å². The van der Waals surface area contributed by atoms with Gasteiger partial charge in [-0.2, -0.15) is 0 Å². The zero-order valence-electron chi connectivity index (χ0n) is 10.9. The van der Waals surface area contributed by atoms with E-state index in [-0.39, 0.29) is 55.9 Å². The third kappa shape index (κ3) is 11.0. The van der Waals surface area contributed by atoms with Gasteiger partial charge >= 0.3 is 5.97 Å². The Bertz CT molecular complexity index is 383. The number of carbonyl (C=O) groups is 5. The van der Waals surface area contributed by atoms with Gasteiger partial charge in [0.1, 0.15) is 29.6 Å². The first-order valence-corrected chi connectivity index (χ1v) is 6.07. The van der Waals surface area contributed by atoms with Crippen LogP contribution >= 0.6 is 0 Å². The highest BCUT2D eigenvalue weighted by molar-refractivity contribution is 5.96. The highest BCUT2D eigenvalue weighted by Crippen LogP contribution is 2.05. The second-order valence-electron chi connectivity index (χ2n) is 4.39. The first-order valence-electron chi connectivity index (χ1n) is 6.07. The molecule has 1 N–H and O–H groups in total. The van der Waals surface area contributed by atoms with Crippen molar-refractivity contribution in [3.8, 4) is 0 Å². The molecule has 0 aliphatic heterocycles. The monoisotopic (exact) mass is 270 g/mol. The summed E-state index contributed by atoms with van der Waals surface area (Å²) in [6.45, 7) is 1.40. The Balaban J connectivity index is 3.75. The van der Waals surface area contributed by atoms with Crippen LogP contribution in [0.15, 0.2) is 0 Å². The van der Waals surface area contributed by atoms with Crippen molar-refractivity contribution in [1.82, 2.24) is 0 Å². The molecule has 0 saturated carbocycles. The van der Waals surface area contributed by atoms with E-state index >= 15 is 0 Å². The van der Waals surface area contributed by atoms with Gasteiger partial charge in [-0.3, -0.25) is 19.2 Å². The maximum atomic E-state index is 11.4. The third-order valence-electron chi connectivity index (χ3n) is 2.47. The fourth-order valence-corrected chi connectivity index (χ4v) is 1.38. The van der Waals surface area contributed by atoms with Crippen molar-refractivity contribution in [1.29, 1.82) is 0 Å². The topological polar surface area (TPSA) is 106 Å². The minimum atomic E-state index is -1.21. The standard InChI is InChI=1S/C13H18O6/c1-9(14)2-3-10(15)4-5-11(16)6-7-12(17)8-13(18)19/h2-8H2,1H3,(H,18,19). The lowest BCUT2D eigenvalue weighted by Crippen LogP contribution is -2.10. The molecule has 106 valence electrons. The lowest BCUT2D eigenvalue weighted by Gasteiger charge is -2.00. The Morgan fingerprint density at radius 1 is 0.684 bits per heavy atom. The van der Waals surface area contributed by atoms with Gasteiger partial charge in [0, 0.05) is 38.5 Å². The molecule has 0 spiro atoms. The first kappa shape index (κ1) is 17.2. The number of carboxylic acid groups (broad SMARTS) is 1. The summed E-state index contributed by atoms with van der Waals surface area (Å²) in [5, 5.41) is 8.35. The summed E-state index contributed by atoms with van der Waals surface area (Å²) in [6.07, 6.45) is -0.287. The second kappa shape index (κ2) is 9.13. The highest BCUT2D eigenvalue weighted by atomic mass is 16.4. The number of aliphatic carboxylic acids is 1. The van der Waals surface area contributed by atoms with Gasteiger partial charge in [-0.15, -0.1) is 0 Å². The van der Waals surface area contributed by atoms with Crippen molar-refractivity contribution in [3.63, 3.8) is 0 Å². The highest BCUT2D eigenvalue weighted by Gasteiger charge is 2.12. The van der Waals surface area contributed by atoms with Gasteiger partial charge in [-0.25, -0.2) is 0 Å². The zero-order valence-corrected chi connectivity index (χ0v) is 10.9. The SMILES string of the molecule is CC(=O)CCC(=O)CCC(=O)CCC(=O)CC(=O)O.